The van der Waals surface area contributed by atoms with Gasteiger partial charge in [-0.15, -0.1) is 21.5 Å². The van der Waals surface area contributed by atoms with Crippen molar-refractivity contribution in [1.29, 1.82) is 0 Å². The minimum Gasteiger partial charge on any atom is -0.504 e. The van der Waals surface area contributed by atoms with E-state index in [-0.39, 0.29) is 22.2 Å². The van der Waals surface area contributed by atoms with Gasteiger partial charge in [0.1, 0.15) is 5.01 Å². The van der Waals surface area contributed by atoms with Crippen molar-refractivity contribution < 1.29 is 24.5 Å². The largest absolute Gasteiger partial charge is 0.504 e. The fraction of sp³-hybridized carbons (Fsp3) is 0.286. The predicted octanol–water partition coefficient (Wildman–Crippen LogP) is 3.81. The van der Waals surface area contributed by atoms with E-state index in [2.05, 4.69) is 15.2 Å². The molecule has 2 aromatic heterocycles. The molecule has 4 rings (SSSR count). The number of aliphatic hydroxyl groups excluding tert-OH is 1. The van der Waals surface area contributed by atoms with E-state index < -0.39 is 23.5 Å². The van der Waals surface area contributed by atoms with E-state index in [0.717, 1.165) is 0 Å². The second-order valence-corrected chi connectivity index (χ2v) is 9.44. The van der Waals surface area contributed by atoms with E-state index in [9.17, 15) is 19.8 Å². The molecule has 0 aliphatic carbocycles. The summed E-state index contributed by atoms with van der Waals surface area (Å²) in [6.45, 7) is 7.32. The molecule has 166 valence electrons. The molecule has 0 saturated carbocycles. The smallest absolute Gasteiger partial charge is 0.296 e. The molecule has 32 heavy (non-hydrogen) atoms. The Morgan fingerprint density at radius 1 is 1.16 bits per heavy atom. The Morgan fingerprint density at radius 3 is 2.50 bits per heavy atom. The Bertz CT molecular complexity index is 1260. The highest BCUT2D eigenvalue weighted by atomic mass is 32.1. The molecule has 1 aromatic carbocycles. The van der Waals surface area contributed by atoms with Crippen LogP contribution in [0.25, 0.3) is 0 Å². The molecule has 1 unspecified atom stereocenters. The van der Waals surface area contributed by atoms with Crippen molar-refractivity contribution in [3.63, 3.8) is 0 Å². The number of hydrogen-bond donors (Lipinski definition) is 2. The molecule has 1 amide bonds. The summed E-state index contributed by atoms with van der Waals surface area (Å²) < 4.78 is 5.49. The number of Topliss-reactive ketones (excluding diaryl/α,β-unsaturated/α-hetero) is 1. The number of ether oxygens (including phenoxy) is 1. The van der Waals surface area contributed by atoms with Gasteiger partial charge in [-0.2, -0.15) is 0 Å². The number of phenols is 1. The zero-order valence-electron chi connectivity index (χ0n) is 17.7. The van der Waals surface area contributed by atoms with Gasteiger partial charge >= 0.3 is 0 Å². The van der Waals surface area contributed by atoms with Crippen LogP contribution in [0.1, 0.15) is 43.9 Å². The zero-order chi connectivity index (χ0) is 23.2. The number of phenolic OH excluding ortho intramolecular Hbond substituents is 1. The molecule has 3 heterocycles. The number of aryl methyl sites for hydroxylation is 3. The lowest BCUT2D eigenvalue weighted by Gasteiger charge is -2.24. The van der Waals surface area contributed by atoms with Crippen LogP contribution in [0.4, 0.5) is 5.13 Å². The summed E-state index contributed by atoms with van der Waals surface area (Å²) in [6, 6.07) is 3.57. The van der Waals surface area contributed by atoms with Crippen LogP contribution in [0, 0.1) is 20.8 Å². The van der Waals surface area contributed by atoms with Crippen LogP contribution in [0.15, 0.2) is 29.5 Å². The fourth-order valence-corrected chi connectivity index (χ4v) is 5.16. The molecule has 9 nitrogen and oxygen atoms in total. The number of hydrogen-bond acceptors (Lipinski definition) is 10. The van der Waals surface area contributed by atoms with Gasteiger partial charge in [-0.05, 0) is 45.4 Å². The van der Waals surface area contributed by atoms with Crippen LogP contribution in [0.3, 0.4) is 0 Å². The molecular formula is C21H20N4O5S2. The molecule has 1 aliphatic rings. The van der Waals surface area contributed by atoms with E-state index >= 15 is 0 Å². The first-order valence-electron chi connectivity index (χ1n) is 9.74. The number of rotatable bonds is 6. The molecule has 3 aromatic rings. The van der Waals surface area contributed by atoms with Crippen molar-refractivity contribution in [2.75, 3.05) is 11.5 Å². The lowest BCUT2D eigenvalue weighted by molar-refractivity contribution is -0.117. The Kier molecular flexibility index (Phi) is 5.70. The zero-order valence-corrected chi connectivity index (χ0v) is 19.4. The van der Waals surface area contributed by atoms with E-state index in [1.807, 2.05) is 0 Å². The average molecular weight is 473 g/mol. The Hall–Kier alpha value is -3.31. The van der Waals surface area contributed by atoms with Crippen LogP contribution in [0.2, 0.25) is 0 Å². The van der Waals surface area contributed by atoms with Gasteiger partial charge in [-0.3, -0.25) is 14.5 Å². The van der Waals surface area contributed by atoms with Gasteiger partial charge in [0.15, 0.2) is 17.3 Å². The van der Waals surface area contributed by atoms with Gasteiger partial charge in [0.05, 0.1) is 33.8 Å². The van der Waals surface area contributed by atoms with Crippen molar-refractivity contribution in [2.45, 2.75) is 33.7 Å². The summed E-state index contributed by atoms with van der Waals surface area (Å²) in [5, 5.41) is 30.5. The van der Waals surface area contributed by atoms with E-state index in [4.69, 9.17) is 4.74 Å². The molecule has 0 fully saturated rings. The van der Waals surface area contributed by atoms with E-state index in [0.29, 0.717) is 32.8 Å². The van der Waals surface area contributed by atoms with Gasteiger partial charge in [-0.25, -0.2) is 4.98 Å². The van der Waals surface area contributed by atoms with Crippen LogP contribution < -0.4 is 9.64 Å². The summed E-state index contributed by atoms with van der Waals surface area (Å²) in [7, 11) is 0. The third-order valence-electron chi connectivity index (χ3n) is 4.88. The van der Waals surface area contributed by atoms with Crippen molar-refractivity contribution in [1.82, 2.24) is 15.2 Å². The third-order valence-corrected chi connectivity index (χ3v) is 6.79. The van der Waals surface area contributed by atoms with Crippen molar-refractivity contribution in [3.05, 3.63) is 55.7 Å². The molecule has 1 atom stereocenters. The maximum absolute atomic E-state index is 13.5. The number of thiazole rings is 1. The maximum Gasteiger partial charge on any atom is 0.296 e. The highest BCUT2D eigenvalue weighted by Gasteiger charge is 2.46. The molecular weight excluding hydrogens is 452 g/mol. The highest BCUT2D eigenvalue weighted by molar-refractivity contribution is 7.15. The Labute approximate surface area is 191 Å². The number of carbonyl (C=O) groups excluding carboxylic acids is 2. The quantitative estimate of drug-likeness (QED) is 0.519. The van der Waals surface area contributed by atoms with Crippen LogP contribution >= 0.6 is 22.7 Å². The van der Waals surface area contributed by atoms with Gasteiger partial charge in [-0.1, -0.05) is 17.4 Å². The van der Waals surface area contributed by atoms with E-state index in [1.54, 1.807) is 39.8 Å². The van der Waals surface area contributed by atoms with E-state index in [1.165, 1.54) is 33.6 Å². The summed E-state index contributed by atoms with van der Waals surface area (Å²) in [5.74, 6) is -1.76. The normalized spacial score (nSPS) is 16.2. The first-order valence-corrected chi connectivity index (χ1v) is 11.4. The number of aromatic hydroxyl groups is 1. The fourth-order valence-electron chi connectivity index (χ4n) is 3.57. The highest BCUT2D eigenvalue weighted by Crippen LogP contribution is 2.45. The average Bonchev–Trinajstić information content (AvgIpc) is 3.39. The standard InChI is InChI=1S/C21H20N4O5S2/c1-5-30-14-8-12(6-7-13(14)26)16-15(17(27)19-9(2)22-10(3)31-19)18(28)20(29)25(16)21-24-23-11(4)32-21/h6-8,16,26,28H,5H2,1-4H3. The SMILES string of the molecule is CCOc1cc(C2C(C(=O)c3sc(C)nc3C)=C(O)C(=O)N2c2nnc(C)s2)ccc1O. The number of ketones is 1. The molecule has 2 N–H and O–H groups in total. The summed E-state index contributed by atoms with van der Waals surface area (Å²) in [4.78, 5) is 32.6. The minimum atomic E-state index is -0.982. The Balaban J connectivity index is 1.90. The summed E-state index contributed by atoms with van der Waals surface area (Å²) >= 11 is 2.37. The number of aliphatic hydroxyl groups is 1. The lowest BCUT2D eigenvalue weighted by atomic mass is 9.95. The maximum atomic E-state index is 13.5. The molecule has 11 heteroatoms. The molecule has 0 radical (unpaired) electrons. The van der Waals surface area contributed by atoms with Crippen LogP contribution in [-0.4, -0.2) is 43.7 Å². The summed E-state index contributed by atoms with van der Waals surface area (Å²) in [6.07, 6.45) is 0. The monoisotopic (exact) mass is 472 g/mol. The number of nitrogens with zero attached hydrogens (tertiary/aromatic N) is 4. The second-order valence-electron chi connectivity index (χ2n) is 7.08. The lowest BCUT2D eigenvalue weighted by Crippen LogP contribution is -2.31. The van der Waals surface area contributed by atoms with Gasteiger partial charge in [0, 0.05) is 0 Å². The number of aromatic nitrogens is 3. The van der Waals surface area contributed by atoms with Crippen molar-refractivity contribution in [3.8, 4) is 11.5 Å². The van der Waals surface area contributed by atoms with Gasteiger partial charge in [0.2, 0.25) is 10.9 Å². The summed E-state index contributed by atoms with van der Waals surface area (Å²) in [5.41, 5.74) is 0.913. The molecule has 1 aliphatic heterocycles. The number of carbonyl (C=O) groups is 2. The topological polar surface area (TPSA) is 126 Å². The van der Waals surface area contributed by atoms with Crippen LogP contribution in [0.5, 0.6) is 11.5 Å². The Morgan fingerprint density at radius 2 is 1.91 bits per heavy atom. The molecule has 0 spiro atoms. The minimum absolute atomic E-state index is 0.0757. The first-order chi connectivity index (χ1) is 15.2. The predicted molar refractivity (Wildman–Crippen MR) is 120 cm³/mol. The van der Waals surface area contributed by atoms with Gasteiger partial charge < -0.3 is 14.9 Å². The third kappa shape index (κ3) is 3.63. The first kappa shape index (κ1) is 21.9. The second kappa shape index (κ2) is 8.32. The number of amides is 1. The number of benzene rings is 1. The van der Waals surface area contributed by atoms with Crippen molar-refractivity contribution in [2.24, 2.45) is 0 Å². The molecule has 0 bridgehead atoms. The van der Waals surface area contributed by atoms with Crippen molar-refractivity contribution >= 4 is 39.5 Å². The van der Waals surface area contributed by atoms with Crippen LogP contribution in [-0.2, 0) is 4.79 Å². The molecule has 0 saturated heterocycles. The van der Waals surface area contributed by atoms with Gasteiger partial charge in [0.25, 0.3) is 5.91 Å². The number of anilines is 1.